The minimum atomic E-state index is -0.577. The van der Waals surface area contributed by atoms with Crippen LogP contribution in [0.15, 0.2) is 0 Å². The first-order valence-corrected chi connectivity index (χ1v) is 8.62. The Labute approximate surface area is 144 Å². The van der Waals surface area contributed by atoms with Gasteiger partial charge in [0.1, 0.15) is 27.7 Å². The topological polar surface area (TPSA) is 74.4 Å². The minimum absolute atomic E-state index is 0.374. The summed E-state index contributed by atoms with van der Waals surface area (Å²) in [5, 5.41) is 0.742. The Hall–Kier alpha value is -1.53. The van der Waals surface area contributed by atoms with Crippen molar-refractivity contribution in [2.45, 2.75) is 40.2 Å². The van der Waals surface area contributed by atoms with E-state index in [4.69, 9.17) is 26.8 Å². The number of hydrogen-bond donors (Lipinski definition) is 1. The molecule has 2 heterocycles. The van der Waals surface area contributed by atoms with Gasteiger partial charge in [0.15, 0.2) is 0 Å². The highest BCUT2D eigenvalue weighted by molar-refractivity contribution is 7.21. The third-order valence-electron chi connectivity index (χ3n) is 3.15. The van der Waals surface area contributed by atoms with Crippen LogP contribution in [0, 0.1) is 13.8 Å². The Morgan fingerprint density at radius 1 is 1.35 bits per heavy atom. The van der Waals surface area contributed by atoms with E-state index in [0.717, 1.165) is 16.6 Å². The van der Waals surface area contributed by atoms with Gasteiger partial charge in [-0.3, -0.25) is 0 Å². The van der Waals surface area contributed by atoms with Crippen LogP contribution in [0.3, 0.4) is 0 Å². The molecule has 0 unspecified atom stereocenters. The first-order chi connectivity index (χ1) is 10.7. The van der Waals surface area contributed by atoms with E-state index in [9.17, 15) is 4.79 Å². The van der Waals surface area contributed by atoms with E-state index in [2.05, 4.69) is 4.98 Å². The van der Waals surface area contributed by atoms with Crippen LogP contribution in [0.25, 0.3) is 10.2 Å². The Kier molecular flexibility index (Phi) is 5.06. The second-order valence-corrected chi connectivity index (χ2v) is 7.59. The van der Waals surface area contributed by atoms with Crippen molar-refractivity contribution in [3.05, 3.63) is 16.1 Å². The number of halogens is 1. The number of nitrogens with zero attached hydrogens (tertiary/aromatic N) is 1. The zero-order valence-corrected chi connectivity index (χ0v) is 15.5. The lowest BCUT2D eigenvalue weighted by molar-refractivity contribution is 0.00764. The molecule has 126 valence electrons. The molecule has 0 saturated heterocycles. The lowest BCUT2D eigenvalue weighted by atomic mass is 10.1. The van der Waals surface area contributed by atoms with Crippen molar-refractivity contribution < 1.29 is 14.3 Å². The fraction of sp³-hybridized carbons (Fsp3) is 0.500. The highest BCUT2D eigenvalue weighted by Gasteiger charge is 2.25. The number of ether oxygens (including phenoxy) is 2. The molecular formula is C16H21ClN2O3S. The van der Waals surface area contributed by atoms with Gasteiger partial charge >= 0.3 is 5.97 Å². The van der Waals surface area contributed by atoms with Crippen LogP contribution < -0.4 is 10.5 Å². The zero-order valence-electron chi connectivity index (χ0n) is 13.9. The molecule has 0 aliphatic carbocycles. The Bertz CT molecular complexity index is 750. The standard InChI is InChI=1S/C16H21ClN2O3S/c1-8-10-11(18)13(15(20)22-16(3,4)5)23-14(10)19-9(2)12(8)21-7-6-17/h6-7,18H2,1-5H3. The molecule has 0 saturated carbocycles. The molecular weight excluding hydrogens is 336 g/mol. The molecule has 0 aliphatic heterocycles. The van der Waals surface area contributed by atoms with Gasteiger partial charge in [-0.1, -0.05) is 0 Å². The summed E-state index contributed by atoms with van der Waals surface area (Å²) < 4.78 is 11.1. The normalized spacial score (nSPS) is 11.7. The summed E-state index contributed by atoms with van der Waals surface area (Å²) in [5.41, 5.74) is 7.62. The van der Waals surface area contributed by atoms with Gasteiger partial charge in [0.05, 0.1) is 17.3 Å². The molecule has 0 bridgehead atoms. The maximum absolute atomic E-state index is 12.3. The summed E-state index contributed by atoms with van der Waals surface area (Å²) in [4.78, 5) is 17.9. The lowest BCUT2D eigenvalue weighted by Gasteiger charge is -2.19. The number of anilines is 1. The molecule has 0 aromatic carbocycles. The SMILES string of the molecule is Cc1nc2sc(C(=O)OC(C)(C)C)c(N)c2c(C)c1OCCCl. The van der Waals surface area contributed by atoms with E-state index in [1.807, 2.05) is 34.6 Å². The number of pyridine rings is 1. The second-order valence-electron chi connectivity index (χ2n) is 6.22. The molecule has 0 spiro atoms. The van der Waals surface area contributed by atoms with Gasteiger partial charge in [-0.25, -0.2) is 9.78 Å². The summed E-state index contributed by atoms with van der Waals surface area (Å²) in [6.07, 6.45) is 0. The van der Waals surface area contributed by atoms with Crippen LogP contribution in [-0.2, 0) is 4.74 Å². The fourth-order valence-corrected chi connectivity index (χ4v) is 3.45. The number of rotatable bonds is 4. The van der Waals surface area contributed by atoms with Crippen LogP contribution in [0.1, 0.15) is 41.7 Å². The van der Waals surface area contributed by atoms with Crippen LogP contribution in [0.4, 0.5) is 5.69 Å². The molecule has 7 heteroatoms. The highest BCUT2D eigenvalue weighted by Crippen LogP contribution is 2.40. The van der Waals surface area contributed by atoms with E-state index in [0.29, 0.717) is 33.6 Å². The highest BCUT2D eigenvalue weighted by atomic mass is 35.5. The number of alkyl halides is 1. The molecule has 0 atom stereocenters. The predicted molar refractivity (Wildman–Crippen MR) is 94.9 cm³/mol. The number of aryl methyl sites for hydroxylation is 2. The van der Waals surface area contributed by atoms with Crippen molar-refractivity contribution in [2.75, 3.05) is 18.2 Å². The predicted octanol–water partition coefficient (Wildman–Crippen LogP) is 4.07. The quantitative estimate of drug-likeness (QED) is 0.660. The van der Waals surface area contributed by atoms with Gasteiger partial charge in [0.2, 0.25) is 0 Å². The number of carbonyl (C=O) groups excluding carboxylic acids is 1. The Balaban J connectivity index is 2.54. The molecule has 2 aromatic rings. The van der Waals surface area contributed by atoms with E-state index in [1.165, 1.54) is 11.3 Å². The lowest BCUT2D eigenvalue weighted by Crippen LogP contribution is -2.23. The third-order valence-corrected chi connectivity index (χ3v) is 4.38. The summed E-state index contributed by atoms with van der Waals surface area (Å²) in [6.45, 7) is 9.61. The molecule has 2 rings (SSSR count). The van der Waals surface area contributed by atoms with E-state index >= 15 is 0 Å². The molecule has 0 amide bonds. The average Bonchev–Trinajstić information content (AvgIpc) is 2.74. The molecule has 0 fully saturated rings. The average molecular weight is 357 g/mol. The van der Waals surface area contributed by atoms with Gasteiger partial charge in [0.25, 0.3) is 0 Å². The summed E-state index contributed by atoms with van der Waals surface area (Å²) >= 11 is 6.92. The van der Waals surface area contributed by atoms with Crippen molar-refractivity contribution in [2.24, 2.45) is 0 Å². The summed E-state index contributed by atoms with van der Waals surface area (Å²) in [6, 6.07) is 0. The Morgan fingerprint density at radius 2 is 2.00 bits per heavy atom. The number of esters is 1. The van der Waals surface area contributed by atoms with Gasteiger partial charge in [-0.05, 0) is 34.6 Å². The minimum Gasteiger partial charge on any atom is -0.490 e. The molecule has 0 aliphatic rings. The molecule has 2 N–H and O–H groups in total. The van der Waals surface area contributed by atoms with Crippen LogP contribution in [0.5, 0.6) is 5.75 Å². The number of hydrogen-bond acceptors (Lipinski definition) is 6. The first kappa shape index (κ1) is 17.8. The van der Waals surface area contributed by atoms with Crippen LogP contribution in [-0.4, -0.2) is 29.0 Å². The maximum atomic E-state index is 12.3. The third kappa shape index (κ3) is 3.70. The maximum Gasteiger partial charge on any atom is 0.351 e. The van der Waals surface area contributed by atoms with Crippen molar-refractivity contribution >= 4 is 44.8 Å². The number of thiophene rings is 1. The van der Waals surface area contributed by atoms with E-state index in [1.54, 1.807) is 0 Å². The number of aromatic nitrogens is 1. The van der Waals surface area contributed by atoms with E-state index in [-0.39, 0.29) is 0 Å². The van der Waals surface area contributed by atoms with Crippen LogP contribution >= 0.6 is 22.9 Å². The van der Waals surface area contributed by atoms with Gasteiger partial charge in [-0.15, -0.1) is 22.9 Å². The van der Waals surface area contributed by atoms with Gasteiger partial charge < -0.3 is 15.2 Å². The van der Waals surface area contributed by atoms with E-state index < -0.39 is 11.6 Å². The zero-order chi connectivity index (χ0) is 17.4. The molecule has 5 nitrogen and oxygen atoms in total. The molecule has 23 heavy (non-hydrogen) atoms. The number of carbonyl (C=O) groups is 1. The van der Waals surface area contributed by atoms with Crippen molar-refractivity contribution in [1.82, 2.24) is 4.98 Å². The summed E-state index contributed by atoms with van der Waals surface area (Å²) in [7, 11) is 0. The first-order valence-electron chi connectivity index (χ1n) is 7.27. The molecule has 2 aromatic heterocycles. The number of nitrogen functional groups attached to an aromatic ring is 1. The monoisotopic (exact) mass is 356 g/mol. The van der Waals surface area contributed by atoms with Crippen molar-refractivity contribution in [1.29, 1.82) is 0 Å². The number of nitrogens with two attached hydrogens (primary N) is 1. The van der Waals surface area contributed by atoms with Crippen molar-refractivity contribution in [3.63, 3.8) is 0 Å². The summed E-state index contributed by atoms with van der Waals surface area (Å²) in [5.74, 6) is 0.621. The van der Waals surface area contributed by atoms with Crippen LogP contribution in [0.2, 0.25) is 0 Å². The fourth-order valence-electron chi connectivity index (χ4n) is 2.29. The number of fused-ring (bicyclic) bond motifs is 1. The van der Waals surface area contributed by atoms with Gasteiger partial charge in [0, 0.05) is 10.9 Å². The molecule has 0 radical (unpaired) electrons. The smallest absolute Gasteiger partial charge is 0.351 e. The van der Waals surface area contributed by atoms with Gasteiger partial charge in [-0.2, -0.15) is 0 Å². The second kappa shape index (κ2) is 6.53. The largest absolute Gasteiger partial charge is 0.490 e. The van der Waals surface area contributed by atoms with Crippen molar-refractivity contribution in [3.8, 4) is 5.75 Å². The Morgan fingerprint density at radius 3 is 2.57 bits per heavy atom.